The Morgan fingerprint density at radius 1 is 1.16 bits per heavy atom. The Kier molecular flexibility index (Phi) is 9.34. The third kappa shape index (κ3) is 6.44. The molecule has 0 radical (unpaired) electrons. The largest absolute Gasteiger partial charge is 0.378 e. The molecule has 1 atom stereocenters. The van der Waals surface area contributed by atoms with Crippen LogP contribution in [-0.2, 0) is 11.3 Å². The minimum absolute atomic E-state index is 0. The number of nitrogens with one attached hydrogen (secondary N) is 2. The number of aliphatic imine (C=N–C) groups is 1. The Labute approximate surface area is 206 Å². The van der Waals surface area contributed by atoms with Gasteiger partial charge < -0.3 is 25.2 Å². The lowest BCUT2D eigenvalue weighted by atomic mass is 10.2. The summed E-state index contributed by atoms with van der Waals surface area (Å²) in [5.74, 6) is 0.937. The molecule has 1 aromatic heterocycles. The molecule has 2 saturated heterocycles. The number of hydrogen-bond donors (Lipinski definition) is 2. The highest BCUT2D eigenvalue weighted by Gasteiger charge is 2.25. The number of aromatic nitrogens is 1. The Morgan fingerprint density at radius 3 is 2.66 bits per heavy atom. The second-order valence-corrected chi connectivity index (χ2v) is 7.85. The van der Waals surface area contributed by atoms with Crippen molar-refractivity contribution in [3.63, 3.8) is 0 Å². The Morgan fingerprint density at radius 2 is 1.94 bits per heavy atom. The summed E-state index contributed by atoms with van der Waals surface area (Å²) in [5, 5.41) is 6.81. The Bertz CT molecular complexity index is 875. The van der Waals surface area contributed by atoms with E-state index in [2.05, 4.69) is 51.7 Å². The zero-order chi connectivity index (χ0) is 21.5. The smallest absolute Gasteiger partial charge is 0.191 e. The van der Waals surface area contributed by atoms with Gasteiger partial charge in [0.25, 0.3) is 0 Å². The molecule has 4 rings (SSSR count). The van der Waals surface area contributed by atoms with Gasteiger partial charge in [0.2, 0.25) is 0 Å². The van der Waals surface area contributed by atoms with Gasteiger partial charge in [0.1, 0.15) is 0 Å². The summed E-state index contributed by atoms with van der Waals surface area (Å²) < 4.78 is 19.5. The monoisotopic (exact) mass is 554 g/mol. The predicted octanol–water partition coefficient (Wildman–Crippen LogP) is 3.01. The van der Waals surface area contributed by atoms with E-state index in [9.17, 15) is 4.39 Å². The number of benzene rings is 1. The molecule has 174 valence electrons. The van der Waals surface area contributed by atoms with Crippen molar-refractivity contribution in [3.05, 3.63) is 54.0 Å². The maximum Gasteiger partial charge on any atom is 0.191 e. The molecule has 0 saturated carbocycles. The summed E-state index contributed by atoms with van der Waals surface area (Å²) >= 11 is 0. The van der Waals surface area contributed by atoms with Crippen molar-refractivity contribution in [2.75, 3.05) is 55.7 Å². The normalized spacial score (nSPS) is 18.9. The summed E-state index contributed by atoms with van der Waals surface area (Å²) in [4.78, 5) is 13.3. The van der Waals surface area contributed by atoms with E-state index in [0.29, 0.717) is 18.9 Å². The van der Waals surface area contributed by atoms with Crippen LogP contribution in [0, 0.1) is 5.82 Å². The number of guanidine groups is 1. The summed E-state index contributed by atoms with van der Waals surface area (Å²) in [6, 6.07) is 11.9. The molecule has 0 amide bonds. The van der Waals surface area contributed by atoms with E-state index < -0.39 is 0 Å². The number of anilines is 2. The predicted molar refractivity (Wildman–Crippen MR) is 138 cm³/mol. The molecule has 32 heavy (non-hydrogen) atoms. The van der Waals surface area contributed by atoms with Crippen molar-refractivity contribution < 1.29 is 9.13 Å². The van der Waals surface area contributed by atoms with E-state index in [1.165, 1.54) is 11.8 Å². The summed E-state index contributed by atoms with van der Waals surface area (Å²) in [7, 11) is 0. The fraction of sp³-hybridized carbons (Fsp3) is 0.478. The van der Waals surface area contributed by atoms with E-state index in [1.807, 2.05) is 4.90 Å². The van der Waals surface area contributed by atoms with E-state index in [-0.39, 0.29) is 35.8 Å². The van der Waals surface area contributed by atoms with Gasteiger partial charge in [0.15, 0.2) is 17.6 Å². The van der Waals surface area contributed by atoms with Crippen molar-refractivity contribution in [1.82, 2.24) is 15.6 Å². The van der Waals surface area contributed by atoms with Crippen LogP contribution in [-0.4, -0.2) is 62.9 Å². The van der Waals surface area contributed by atoms with Crippen LogP contribution >= 0.6 is 24.0 Å². The van der Waals surface area contributed by atoms with Gasteiger partial charge in [-0.25, -0.2) is 14.4 Å². The van der Waals surface area contributed by atoms with Crippen LogP contribution in [0.25, 0.3) is 0 Å². The number of morpholine rings is 1. The van der Waals surface area contributed by atoms with Crippen LogP contribution in [0.15, 0.2) is 47.6 Å². The molecule has 3 heterocycles. The number of hydrogen-bond acceptors (Lipinski definition) is 5. The van der Waals surface area contributed by atoms with Gasteiger partial charge >= 0.3 is 0 Å². The van der Waals surface area contributed by atoms with Gasteiger partial charge in [-0.1, -0.05) is 12.1 Å². The number of ether oxygens (including phenoxy) is 1. The van der Waals surface area contributed by atoms with Gasteiger partial charge in [-0.15, -0.1) is 24.0 Å². The lowest BCUT2D eigenvalue weighted by molar-refractivity contribution is 0.122. The zero-order valence-electron chi connectivity index (χ0n) is 18.5. The molecule has 0 bridgehead atoms. The van der Waals surface area contributed by atoms with Crippen LogP contribution in [0.3, 0.4) is 0 Å². The molecule has 7 nitrogen and oxygen atoms in total. The molecule has 0 spiro atoms. The SMILES string of the molecule is CCNC(=NCc1ccc(N2CCOCC2)cc1)NC1CCN(c2ncccc2F)C1.I. The molecule has 9 heteroatoms. The number of pyridine rings is 1. The topological polar surface area (TPSA) is 65.0 Å². The standard InChI is InChI=1S/C23H31FN6O.HI/c1-2-25-23(28-19-9-11-30(17-19)22-21(24)4-3-10-26-22)27-16-18-5-7-20(8-6-18)29-12-14-31-15-13-29;/h3-8,10,19H,2,9,11-17H2,1H3,(H2,25,27,28);1H. The van der Waals surface area contributed by atoms with Crippen molar-refractivity contribution in [3.8, 4) is 0 Å². The first-order valence-corrected chi connectivity index (χ1v) is 11.0. The van der Waals surface area contributed by atoms with Gasteiger partial charge in [0.05, 0.1) is 19.8 Å². The highest BCUT2D eigenvalue weighted by molar-refractivity contribution is 14.0. The van der Waals surface area contributed by atoms with E-state index in [0.717, 1.165) is 57.3 Å². The maximum atomic E-state index is 14.0. The third-order valence-corrected chi connectivity index (χ3v) is 5.64. The van der Waals surface area contributed by atoms with Gasteiger partial charge in [-0.3, -0.25) is 0 Å². The van der Waals surface area contributed by atoms with Crippen molar-refractivity contribution in [2.45, 2.75) is 25.9 Å². The first-order valence-electron chi connectivity index (χ1n) is 11.0. The molecule has 1 aromatic carbocycles. The van der Waals surface area contributed by atoms with Crippen molar-refractivity contribution in [1.29, 1.82) is 0 Å². The van der Waals surface area contributed by atoms with Crippen LogP contribution in [0.2, 0.25) is 0 Å². The average molecular weight is 554 g/mol. The fourth-order valence-electron chi connectivity index (χ4n) is 4.00. The minimum Gasteiger partial charge on any atom is -0.378 e. The Balaban J connectivity index is 0.00000289. The van der Waals surface area contributed by atoms with Crippen molar-refractivity contribution in [2.24, 2.45) is 4.99 Å². The molecule has 1 unspecified atom stereocenters. The van der Waals surface area contributed by atoms with E-state index in [1.54, 1.807) is 12.3 Å². The minimum atomic E-state index is -0.274. The second-order valence-electron chi connectivity index (χ2n) is 7.85. The fourth-order valence-corrected chi connectivity index (χ4v) is 4.00. The second kappa shape index (κ2) is 12.2. The van der Waals surface area contributed by atoms with Gasteiger partial charge in [0, 0.05) is 50.6 Å². The van der Waals surface area contributed by atoms with Crippen LogP contribution in [0.1, 0.15) is 18.9 Å². The lowest BCUT2D eigenvalue weighted by Gasteiger charge is -2.28. The van der Waals surface area contributed by atoms with Crippen LogP contribution in [0.4, 0.5) is 15.9 Å². The highest BCUT2D eigenvalue weighted by Crippen LogP contribution is 2.21. The van der Waals surface area contributed by atoms with Crippen LogP contribution < -0.4 is 20.4 Å². The summed E-state index contributed by atoms with van der Waals surface area (Å²) in [5.41, 5.74) is 2.40. The quantitative estimate of drug-likeness (QED) is 0.326. The molecule has 2 aromatic rings. The maximum absolute atomic E-state index is 14.0. The molecule has 2 aliphatic heterocycles. The van der Waals surface area contributed by atoms with Crippen molar-refractivity contribution >= 4 is 41.4 Å². The molecule has 2 N–H and O–H groups in total. The highest BCUT2D eigenvalue weighted by atomic mass is 127. The molecular weight excluding hydrogens is 522 g/mol. The summed E-state index contributed by atoms with van der Waals surface area (Å²) in [6.45, 7) is 8.36. The van der Waals surface area contributed by atoms with Crippen LogP contribution in [0.5, 0.6) is 0 Å². The van der Waals surface area contributed by atoms with E-state index in [4.69, 9.17) is 9.73 Å². The first-order chi connectivity index (χ1) is 15.2. The Hall–Kier alpha value is -2.14. The van der Waals surface area contributed by atoms with Gasteiger partial charge in [-0.05, 0) is 43.2 Å². The third-order valence-electron chi connectivity index (χ3n) is 5.64. The number of halogens is 2. The van der Waals surface area contributed by atoms with Gasteiger partial charge in [-0.2, -0.15) is 0 Å². The zero-order valence-corrected chi connectivity index (χ0v) is 20.8. The molecular formula is C23H32FIN6O. The summed E-state index contributed by atoms with van der Waals surface area (Å²) in [6.07, 6.45) is 2.55. The molecule has 2 fully saturated rings. The number of rotatable bonds is 6. The first kappa shape index (κ1) is 24.5. The molecule has 2 aliphatic rings. The van der Waals surface area contributed by atoms with E-state index >= 15 is 0 Å². The molecule has 0 aliphatic carbocycles. The lowest BCUT2D eigenvalue weighted by Crippen LogP contribution is -2.44. The number of nitrogens with zero attached hydrogens (tertiary/aromatic N) is 4. The average Bonchev–Trinajstić information content (AvgIpc) is 3.27.